The maximum atomic E-state index is 14.2. The summed E-state index contributed by atoms with van der Waals surface area (Å²) >= 11 is 0. The van der Waals surface area contributed by atoms with Crippen molar-refractivity contribution in [3.63, 3.8) is 0 Å². The minimum Gasteiger partial charge on any atom is -0.338 e. The van der Waals surface area contributed by atoms with Crippen molar-refractivity contribution in [3.05, 3.63) is 59.4 Å². The lowest BCUT2D eigenvalue weighted by atomic mass is 9.79. The predicted octanol–water partition coefficient (Wildman–Crippen LogP) is 3.91. The highest BCUT2D eigenvalue weighted by Gasteiger charge is 2.39. The number of carbonyl (C=O) groups excluding carboxylic acids is 2. The molecular weight excluding hydrogens is 355 g/mol. The van der Waals surface area contributed by atoms with Gasteiger partial charge in [0, 0.05) is 41.7 Å². The number of rotatable bonds is 3. The largest absolute Gasteiger partial charge is 0.338 e. The molecule has 1 unspecified atom stereocenters. The Kier molecular flexibility index (Phi) is 5.02. The van der Waals surface area contributed by atoms with Crippen LogP contribution in [0.5, 0.6) is 0 Å². The van der Waals surface area contributed by atoms with E-state index in [1.54, 1.807) is 30.3 Å². The summed E-state index contributed by atoms with van der Waals surface area (Å²) in [5, 5.41) is 3.43. The summed E-state index contributed by atoms with van der Waals surface area (Å²) < 4.78 is 14.2. The maximum absolute atomic E-state index is 14.2. The fourth-order valence-electron chi connectivity index (χ4n) is 4.47. The quantitative estimate of drug-likeness (QED) is 0.822. The average molecular weight is 380 g/mol. The van der Waals surface area contributed by atoms with Gasteiger partial charge in [-0.1, -0.05) is 12.1 Å². The molecule has 1 N–H and O–H groups in total. The van der Waals surface area contributed by atoms with E-state index in [0.29, 0.717) is 22.3 Å². The predicted molar refractivity (Wildman–Crippen MR) is 107 cm³/mol. The molecule has 4 nitrogen and oxygen atoms in total. The number of likely N-dealkylation sites (tertiary alicyclic amines) is 1. The van der Waals surface area contributed by atoms with Gasteiger partial charge in [0.2, 0.25) is 0 Å². The number of halogens is 1. The van der Waals surface area contributed by atoms with Gasteiger partial charge in [-0.3, -0.25) is 9.59 Å². The summed E-state index contributed by atoms with van der Waals surface area (Å²) in [6.45, 7) is 5.07. The second-order valence-electron chi connectivity index (χ2n) is 8.09. The number of nitrogens with zero attached hydrogens (tertiary/aromatic N) is 1. The Hall–Kier alpha value is -2.53. The Morgan fingerprint density at radius 1 is 1.07 bits per heavy atom. The van der Waals surface area contributed by atoms with Gasteiger partial charge >= 0.3 is 0 Å². The number of Topliss-reactive ketones (excluding diaryl/α,β-unsaturated/α-hetero) is 1. The Morgan fingerprint density at radius 2 is 1.82 bits per heavy atom. The smallest absolute Gasteiger partial charge is 0.253 e. The molecule has 0 aliphatic carbocycles. The summed E-state index contributed by atoms with van der Waals surface area (Å²) in [6, 6.07) is 11.4. The first-order valence-electron chi connectivity index (χ1n) is 9.88. The van der Waals surface area contributed by atoms with Gasteiger partial charge in [0.25, 0.3) is 5.91 Å². The lowest BCUT2D eigenvalue weighted by molar-refractivity contribution is 0.0553. The number of ketones is 1. The summed E-state index contributed by atoms with van der Waals surface area (Å²) in [4.78, 5) is 26.5. The van der Waals surface area contributed by atoms with Crippen LogP contribution in [0.2, 0.25) is 0 Å². The van der Waals surface area contributed by atoms with Gasteiger partial charge in [0.15, 0.2) is 5.78 Å². The van der Waals surface area contributed by atoms with E-state index in [9.17, 15) is 14.0 Å². The zero-order valence-electron chi connectivity index (χ0n) is 16.1. The Balaban J connectivity index is 1.54. The van der Waals surface area contributed by atoms with Gasteiger partial charge in [-0.05, 0) is 68.6 Å². The second-order valence-corrected chi connectivity index (χ2v) is 8.09. The molecule has 2 aliphatic heterocycles. The molecule has 1 spiro atoms. The van der Waals surface area contributed by atoms with Crippen molar-refractivity contribution in [1.29, 1.82) is 0 Å². The van der Waals surface area contributed by atoms with Crippen LogP contribution in [0.3, 0.4) is 0 Å². The van der Waals surface area contributed by atoms with Crippen LogP contribution in [-0.2, 0) is 0 Å². The summed E-state index contributed by atoms with van der Waals surface area (Å²) in [7, 11) is 0. The lowest BCUT2D eigenvalue weighted by Crippen LogP contribution is -2.47. The average Bonchev–Trinajstić information content (AvgIpc) is 3.15. The van der Waals surface area contributed by atoms with Gasteiger partial charge in [-0.25, -0.2) is 4.39 Å². The van der Waals surface area contributed by atoms with Crippen LogP contribution in [0.4, 0.5) is 4.39 Å². The second kappa shape index (κ2) is 7.47. The molecule has 2 saturated heterocycles. The molecule has 146 valence electrons. The Morgan fingerprint density at radius 3 is 2.50 bits per heavy atom. The zero-order chi connectivity index (χ0) is 19.7. The van der Waals surface area contributed by atoms with Crippen molar-refractivity contribution in [2.75, 3.05) is 26.2 Å². The number of piperidine rings is 1. The standard InChI is InChI=1S/C23H25FN2O2/c1-16(27)19-7-8-21(24)20(13-19)17-3-5-18(6-4-17)22(28)26-12-2-9-23(15-26)10-11-25-14-23/h3-8,13,25H,2,9-12,14-15H2,1H3. The molecule has 0 saturated carbocycles. The van der Waals surface area contributed by atoms with E-state index >= 15 is 0 Å². The van der Waals surface area contributed by atoms with E-state index < -0.39 is 0 Å². The van der Waals surface area contributed by atoms with Crippen molar-refractivity contribution in [2.45, 2.75) is 26.2 Å². The first-order chi connectivity index (χ1) is 13.5. The molecule has 2 aromatic rings. The lowest BCUT2D eigenvalue weighted by Gasteiger charge is -2.40. The number of hydrogen-bond donors (Lipinski definition) is 1. The zero-order valence-corrected chi connectivity index (χ0v) is 16.1. The summed E-state index contributed by atoms with van der Waals surface area (Å²) in [6.07, 6.45) is 3.34. The van der Waals surface area contributed by atoms with Crippen molar-refractivity contribution in [3.8, 4) is 11.1 Å². The Bertz CT molecular complexity index is 901. The minimum atomic E-state index is -0.379. The van der Waals surface area contributed by atoms with Crippen LogP contribution in [-0.4, -0.2) is 42.8 Å². The third-order valence-electron chi connectivity index (χ3n) is 6.10. The fourth-order valence-corrected chi connectivity index (χ4v) is 4.47. The molecule has 28 heavy (non-hydrogen) atoms. The normalized spacial score (nSPS) is 21.9. The van der Waals surface area contributed by atoms with Crippen LogP contribution in [0.1, 0.15) is 46.9 Å². The third kappa shape index (κ3) is 3.59. The SMILES string of the molecule is CC(=O)c1ccc(F)c(-c2ccc(C(=O)N3CCCC4(CCNC4)C3)cc2)c1. The van der Waals surface area contributed by atoms with Crippen molar-refractivity contribution in [2.24, 2.45) is 5.41 Å². The van der Waals surface area contributed by atoms with Crippen molar-refractivity contribution in [1.82, 2.24) is 10.2 Å². The van der Waals surface area contributed by atoms with E-state index in [1.165, 1.54) is 25.5 Å². The van der Waals surface area contributed by atoms with Crippen LogP contribution < -0.4 is 5.32 Å². The van der Waals surface area contributed by atoms with E-state index in [4.69, 9.17) is 0 Å². The highest BCUT2D eigenvalue weighted by Crippen LogP contribution is 2.36. The first-order valence-corrected chi connectivity index (χ1v) is 9.88. The number of nitrogens with one attached hydrogen (secondary N) is 1. The molecule has 2 heterocycles. The van der Waals surface area contributed by atoms with Gasteiger partial charge in [-0.2, -0.15) is 0 Å². The Labute approximate surface area is 164 Å². The third-order valence-corrected chi connectivity index (χ3v) is 6.10. The highest BCUT2D eigenvalue weighted by molar-refractivity contribution is 5.96. The molecule has 0 bridgehead atoms. The first kappa shape index (κ1) is 18.8. The van der Waals surface area contributed by atoms with E-state index in [0.717, 1.165) is 39.0 Å². The van der Waals surface area contributed by atoms with Crippen LogP contribution in [0.25, 0.3) is 11.1 Å². The van der Waals surface area contributed by atoms with E-state index in [2.05, 4.69) is 5.32 Å². The molecule has 1 atom stereocenters. The van der Waals surface area contributed by atoms with Crippen LogP contribution >= 0.6 is 0 Å². The molecular formula is C23H25FN2O2. The number of benzene rings is 2. The molecule has 2 aromatic carbocycles. The van der Waals surface area contributed by atoms with Crippen LogP contribution in [0, 0.1) is 11.2 Å². The molecule has 2 aliphatic rings. The van der Waals surface area contributed by atoms with Gasteiger partial charge < -0.3 is 10.2 Å². The van der Waals surface area contributed by atoms with E-state index in [-0.39, 0.29) is 22.9 Å². The summed E-state index contributed by atoms with van der Waals surface area (Å²) in [5.74, 6) is -0.445. The molecule has 2 fully saturated rings. The molecule has 1 amide bonds. The number of amides is 1. The van der Waals surface area contributed by atoms with Crippen LogP contribution in [0.15, 0.2) is 42.5 Å². The molecule has 0 aromatic heterocycles. The van der Waals surface area contributed by atoms with Gasteiger partial charge in [0.1, 0.15) is 5.82 Å². The molecule has 4 rings (SSSR count). The maximum Gasteiger partial charge on any atom is 0.253 e. The monoisotopic (exact) mass is 380 g/mol. The van der Waals surface area contributed by atoms with E-state index in [1.807, 2.05) is 4.90 Å². The minimum absolute atomic E-state index is 0.0375. The highest BCUT2D eigenvalue weighted by atomic mass is 19.1. The summed E-state index contributed by atoms with van der Waals surface area (Å²) in [5.41, 5.74) is 2.35. The molecule has 0 radical (unpaired) electrons. The van der Waals surface area contributed by atoms with Crippen molar-refractivity contribution >= 4 is 11.7 Å². The number of hydrogen-bond acceptors (Lipinski definition) is 3. The fraction of sp³-hybridized carbons (Fsp3) is 0.391. The van der Waals surface area contributed by atoms with Crippen molar-refractivity contribution < 1.29 is 14.0 Å². The van der Waals surface area contributed by atoms with Gasteiger partial charge in [0.05, 0.1) is 0 Å². The molecule has 5 heteroatoms. The van der Waals surface area contributed by atoms with Gasteiger partial charge in [-0.15, -0.1) is 0 Å². The topological polar surface area (TPSA) is 49.4 Å². The number of carbonyl (C=O) groups is 2.